The van der Waals surface area contributed by atoms with Gasteiger partial charge in [-0.05, 0) is 35.0 Å². The molecule has 16 heavy (non-hydrogen) atoms. The highest BCUT2D eigenvalue weighted by Crippen LogP contribution is 2.22. The molecule has 2 N–H and O–H groups in total. The van der Waals surface area contributed by atoms with E-state index in [1.54, 1.807) is 6.92 Å². The number of nitrogens with zero attached hydrogens (tertiary/aromatic N) is 2. The van der Waals surface area contributed by atoms with E-state index in [2.05, 4.69) is 36.4 Å². The average Bonchev–Trinajstić information content (AvgIpc) is 2.27. The van der Waals surface area contributed by atoms with Gasteiger partial charge in [0.1, 0.15) is 5.69 Å². The highest BCUT2D eigenvalue weighted by Gasteiger charge is 2.02. The predicted molar refractivity (Wildman–Crippen MR) is 64.8 cm³/mol. The van der Waals surface area contributed by atoms with Crippen LogP contribution in [-0.2, 0) is 0 Å². The number of halogens is 1. The molecule has 0 aliphatic carbocycles. The molecule has 0 saturated heterocycles. The number of rotatable bonds is 2. The molecule has 1 aromatic heterocycles. The van der Waals surface area contributed by atoms with Crippen molar-refractivity contribution >= 4 is 27.6 Å². The lowest BCUT2D eigenvalue weighted by Crippen LogP contribution is -2.15. The van der Waals surface area contributed by atoms with Crippen molar-refractivity contribution in [1.82, 2.24) is 15.2 Å². The third kappa shape index (κ3) is 2.27. The predicted octanol–water partition coefficient (Wildman–Crippen LogP) is 1.98. The van der Waals surface area contributed by atoms with E-state index in [9.17, 15) is 4.79 Å². The molecular formula is C10H9BrN4O. The fraction of sp³-hybridized carbons (Fsp3) is 0.100. The van der Waals surface area contributed by atoms with Gasteiger partial charge in [-0.2, -0.15) is 0 Å². The summed E-state index contributed by atoms with van der Waals surface area (Å²) in [5, 5.41) is 10.5. The molecule has 1 aromatic carbocycles. The summed E-state index contributed by atoms with van der Waals surface area (Å²) in [6, 6.07) is 7.54. The third-order valence-corrected chi connectivity index (χ3v) is 2.68. The Kier molecular flexibility index (Phi) is 3.00. The number of hydrogen-bond donors (Lipinski definition) is 2. The minimum atomic E-state index is -0.246. The maximum absolute atomic E-state index is 11.3. The molecule has 0 saturated carbocycles. The number of H-pyrrole nitrogens is 1. The standard InChI is InChI=1S/C10H9BrN4O/c1-6-9(16)13-10(15-14-6)12-8-5-3-2-4-7(8)11/h2-5H,1H3,(H2,12,13,15,16). The Bertz CT molecular complexity index is 567. The summed E-state index contributed by atoms with van der Waals surface area (Å²) in [7, 11) is 0. The van der Waals surface area contributed by atoms with E-state index in [1.807, 2.05) is 24.3 Å². The van der Waals surface area contributed by atoms with E-state index in [0.717, 1.165) is 10.2 Å². The molecule has 0 bridgehead atoms. The van der Waals surface area contributed by atoms with Crippen LogP contribution in [0.25, 0.3) is 0 Å². The second-order valence-corrected chi connectivity index (χ2v) is 4.05. The molecule has 0 atom stereocenters. The molecule has 0 amide bonds. The molecule has 2 rings (SSSR count). The maximum atomic E-state index is 11.3. The molecule has 82 valence electrons. The Balaban J connectivity index is 2.31. The van der Waals surface area contributed by atoms with Crippen LogP contribution in [0.4, 0.5) is 11.6 Å². The van der Waals surface area contributed by atoms with Gasteiger partial charge >= 0.3 is 0 Å². The molecule has 0 radical (unpaired) electrons. The van der Waals surface area contributed by atoms with Crippen LogP contribution >= 0.6 is 15.9 Å². The summed E-state index contributed by atoms with van der Waals surface area (Å²) >= 11 is 3.38. The zero-order valence-electron chi connectivity index (χ0n) is 8.49. The Labute approximate surface area is 100 Å². The monoisotopic (exact) mass is 280 g/mol. The molecule has 0 fully saturated rings. The minimum absolute atomic E-state index is 0.246. The molecular weight excluding hydrogens is 272 g/mol. The number of aromatic amines is 1. The smallest absolute Gasteiger partial charge is 0.273 e. The van der Waals surface area contributed by atoms with Gasteiger partial charge in [-0.1, -0.05) is 12.1 Å². The van der Waals surface area contributed by atoms with Crippen molar-refractivity contribution in [3.8, 4) is 0 Å². The number of aromatic nitrogens is 3. The van der Waals surface area contributed by atoms with Crippen LogP contribution in [0.1, 0.15) is 5.69 Å². The normalized spacial score (nSPS) is 10.1. The fourth-order valence-corrected chi connectivity index (χ4v) is 1.52. The number of hydrogen-bond acceptors (Lipinski definition) is 4. The SMILES string of the molecule is Cc1nnc(Nc2ccccc2Br)[nH]c1=O. The Hall–Kier alpha value is -1.69. The van der Waals surface area contributed by atoms with E-state index < -0.39 is 0 Å². The number of aryl methyl sites for hydroxylation is 1. The van der Waals surface area contributed by atoms with Crippen molar-refractivity contribution in [3.63, 3.8) is 0 Å². The lowest BCUT2D eigenvalue weighted by Gasteiger charge is -2.06. The first-order chi connectivity index (χ1) is 7.66. The number of nitrogens with one attached hydrogen (secondary N) is 2. The summed E-state index contributed by atoms with van der Waals surface area (Å²) in [5.41, 5.74) is 0.915. The van der Waals surface area contributed by atoms with Crippen LogP contribution in [0.2, 0.25) is 0 Å². The lowest BCUT2D eigenvalue weighted by molar-refractivity contribution is 0.908. The zero-order valence-corrected chi connectivity index (χ0v) is 10.1. The van der Waals surface area contributed by atoms with Crippen molar-refractivity contribution < 1.29 is 0 Å². The van der Waals surface area contributed by atoms with Crippen LogP contribution in [0, 0.1) is 6.92 Å². The molecule has 5 nitrogen and oxygen atoms in total. The molecule has 0 aliphatic heterocycles. The highest BCUT2D eigenvalue weighted by atomic mass is 79.9. The molecule has 1 heterocycles. The molecule has 0 unspecified atom stereocenters. The van der Waals surface area contributed by atoms with Crippen LogP contribution in [0.15, 0.2) is 33.5 Å². The van der Waals surface area contributed by atoms with Crippen molar-refractivity contribution in [3.05, 3.63) is 44.8 Å². The molecule has 0 spiro atoms. The van der Waals surface area contributed by atoms with Crippen LogP contribution in [0.5, 0.6) is 0 Å². The fourth-order valence-electron chi connectivity index (χ4n) is 1.14. The second-order valence-electron chi connectivity index (χ2n) is 3.19. The Morgan fingerprint density at radius 2 is 2.06 bits per heavy atom. The van der Waals surface area contributed by atoms with E-state index >= 15 is 0 Å². The van der Waals surface area contributed by atoms with Crippen molar-refractivity contribution in [1.29, 1.82) is 0 Å². The highest BCUT2D eigenvalue weighted by molar-refractivity contribution is 9.10. The van der Waals surface area contributed by atoms with Gasteiger partial charge in [0.25, 0.3) is 5.56 Å². The third-order valence-electron chi connectivity index (χ3n) is 1.99. The van der Waals surface area contributed by atoms with E-state index in [4.69, 9.17) is 0 Å². The molecule has 6 heteroatoms. The maximum Gasteiger partial charge on any atom is 0.273 e. The van der Waals surface area contributed by atoms with Gasteiger partial charge in [0.05, 0.1) is 5.69 Å². The summed E-state index contributed by atoms with van der Waals surface area (Å²) in [6.45, 7) is 1.61. The number of benzene rings is 1. The van der Waals surface area contributed by atoms with Crippen LogP contribution in [-0.4, -0.2) is 15.2 Å². The van der Waals surface area contributed by atoms with Gasteiger partial charge in [-0.15, -0.1) is 10.2 Å². The number of para-hydroxylation sites is 1. The van der Waals surface area contributed by atoms with Gasteiger partial charge < -0.3 is 5.32 Å². The van der Waals surface area contributed by atoms with Gasteiger partial charge in [-0.3, -0.25) is 9.78 Å². The zero-order chi connectivity index (χ0) is 11.5. The van der Waals surface area contributed by atoms with Crippen LogP contribution in [0.3, 0.4) is 0 Å². The van der Waals surface area contributed by atoms with Gasteiger partial charge in [0.15, 0.2) is 0 Å². The van der Waals surface area contributed by atoms with Gasteiger partial charge in [0, 0.05) is 4.47 Å². The van der Waals surface area contributed by atoms with E-state index in [1.165, 1.54) is 0 Å². The summed E-state index contributed by atoms with van der Waals surface area (Å²) in [6.07, 6.45) is 0. The summed E-state index contributed by atoms with van der Waals surface area (Å²) in [5.74, 6) is 0.322. The largest absolute Gasteiger partial charge is 0.323 e. The quantitative estimate of drug-likeness (QED) is 0.883. The first kappa shape index (κ1) is 10.8. The Morgan fingerprint density at radius 3 is 2.75 bits per heavy atom. The topological polar surface area (TPSA) is 70.7 Å². The van der Waals surface area contributed by atoms with E-state index in [-0.39, 0.29) is 5.56 Å². The van der Waals surface area contributed by atoms with Crippen LogP contribution < -0.4 is 10.9 Å². The van der Waals surface area contributed by atoms with Gasteiger partial charge in [-0.25, -0.2) is 0 Å². The average molecular weight is 281 g/mol. The Morgan fingerprint density at radius 1 is 1.31 bits per heavy atom. The lowest BCUT2D eigenvalue weighted by atomic mass is 10.3. The van der Waals surface area contributed by atoms with Crippen molar-refractivity contribution in [2.24, 2.45) is 0 Å². The van der Waals surface area contributed by atoms with Gasteiger partial charge in [0.2, 0.25) is 5.95 Å². The van der Waals surface area contributed by atoms with Crippen molar-refractivity contribution in [2.45, 2.75) is 6.92 Å². The first-order valence-corrected chi connectivity index (χ1v) is 5.41. The molecule has 2 aromatic rings. The summed E-state index contributed by atoms with van der Waals surface area (Å²) in [4.78, 5) is 13.9. The minimum Gasteiger partial charge on any atom is -0.323 e. The van der Waals surface area contributed by atoms with E-state index in [0.29, 0.717) is 11.6 Å². The summed E-state index contributed by atoms with van der Waals surface area (Å²) < 4.78 is 0.887. The number of anilines is 2. The second kappa shape index (κ2) is 4.44. The first-order valence-electron chi connectivity index (χ1n) is 4.62. The van der Waals surface area contributed by atoms with Crippen molar-refractivity contribution in [2.75, 3.05) is 5.32 Å². The molecule has 0 aliphatic rings.